The zero-order valence-corrected chi connectivity index (χ0v) is 12.1. The van der Waals surface area contributed by atoms with E-state index in [1.165, 1.54) is 24.5 Å². The maximum atomic E-state index is 13.1. The lowest BCUT2D eigenvalue weighted by Gasteiger charge is -2.11. The van der Waals surface area contributed by atoms with E-state index in [-0.39, 0.29) is 10.6 Å². The van der Waals surface area contributed by atoms with Gasteiger partial charge in [0.2, 0.25) is 10.0 Å². The van der Waals surface area contributed by atoms with E-state index in [0.717, 1.165) is 0 Å². The summed E-state index contributed by atoms with van der Waals surface area (Å²) in [6.07, 6.45) is 3.04. The second-order valence-electron chi connectivity index (χ2n) is 4.58. The number of aromatic amines is 1. The third kappa shape index (κ3) is 2.63. The number of hydrogen-bond acceptors (Lipinski definition) is 5. The van der Waals surface area contributed by atoms with E-state index < -0.39 is 16.7 Å². The minimum absolute atomic E-state index is 0.105. The number of nitrogens with two attached hydrogens (primary N) is 1. The smallest absolute Gasteiger partial charge is 0.238 e. The van der Waals surface area contributed by atoms with Crippen molar-refractivity contribution in [2.75, 3.05) is 5.32 Å². The fourth-order valence-corrected chi connectivity index (χ4v) is 2.60. The van der Waals surface area contributed by atoms with Gasteiger partial charge in [0.15, 0.2) is 0 Å². The van der Waals surface area contributed by atoms with Crippen molar-refractivity contribution < 1.29 is 12.8 Å². The van der Waals surface area contributed by atoms with Crippen molar-refractivity contribution in [1.29, 1.82) is 0 Å². The monoisotopic (exact) mass is 321 g/mol. The van der Waals surface area contributed by atoms with Crippen molar-refractivity contribution >= 4 is 32.6 Å². The summed E-state index contributed by atoms with van der Waals surface area (Å²) < 4.78 is 36.0. The molecule has 22 heavy (non-hydrogen) atoms. The molecule has 0 saturated heterocycles. The molecule has 0 aliphatic carbocycles. The molecule has 1 aromatic carbocycles. The van der Waals surface area contributed by atoms with Crippen molar-refractivity contribution in [3.63, 3.8) is 0 Å². The normalized spacial score (nSPS) is 11.7. The number of benzene rings is 1. The lowest BCUT2D eigenvalue weighted by Crippen LogP contribution is -2.12. The minimum atomic E-state index is -3.88. The third-order valence-electron chi connectivity index (χ3n) is 3.16. The number of fused-ring (bicyclic) bond motifs is 1. The highest BCUT2D eigenvalue weighted by atomic mass is 32.2. The van der Waals surface area contributed by atoms with E-state index in [2.05, 4.69) is 20.3 Å². The molecule has 0 amide bonds. The molecule has 2 heterocycles. The number of alkyl halides is 1. The zero-order valence-electron chi connectivity index (χ0n) is 11.2. The summed E-state index contributed by atoms with van der Waals surface area (Å²) in [4.78, 5) is 11.0. The van der Waals surface area contributed by atoms with Gasteiger partial charge in [-0.05, 0) is 18.2 Å². The number of aromatic nitrogens is 3. The average molecular weight is 321 g/mol. The van der Waals surface area contributed by atoms with Crippen molar-refractivity contribution in [2.24, 2.45) is 5.14 Å². The van der Waals surface area contributed by atoms with Gasteiger partial charge in [0.05, 0.1) is 10.3 Å². The molecule has 3 rings (SSSR count). The molecule has 0 aliphatic heterocycles. The van der Waals surface area contributed by atoms with Gasteiger partial charge in [0, 0.05) is 17.4 Å². The van der Waals surface area contributed by atoms with Crippen molar-refractivity contribution in [1.82, 2.24) is 15.0 Å². The van der Waals surface area contributed by atoms with Gasteiger partial charge in [0.25, 0.3) is 0 Å². The number of hydrogen-bond donors (Lipinski definition) is 3. The summed E-state index contributed by atoms with van der Waals surface area (Å²) in [6.45, 7) is -0.755. The number of sulfonamides is 1. The molecule has 0 aliphatic rings. The number of halogens is 1. The van der Waals surface area contributed by atoms with Crippen molar-refractivity contribution in [3.8, 4) is 0 Å². The highest BCUT2D eigenvalue weighted by Gasteiger charge is 2.13. The zero-order chi connectivity index (χ0) is 15.7. The van der Waals surface area contributed by atoms with Gasteiger partial charge in [-0.2, -0.15) is 0 Å². The van der Waals surface area contributed by atoms with Crippen LogP contribution in [-0.4, -0.2) is 23.4 Å². The number of anilines is 2. The van der Waals surface area contributed by atoms with Crippen LogP contribution in [0.1, 0.15) is 5.56 Å². The first-order chi connectivity index (χ1) is 10.5. The molecule has 114 valence electrons. The highest BCUT2D eigenvalue weighted by molar-refractivity contribution is 7.89. The Labute approximate surface area is 125 Å². The minimum Gasteiger partial charge on any atom is -0.346 e. The van der Waals surface area contributed by atoms with Crippen LogP contribution in [0, 0.1) is 0 Å². The Bertz CT molecular complexity index is 939. The summed E-state index contributed by atoms with van der Waals surface area (Å²) in [5.74, 6) is 0.438. The second-order valence-corrected chi connectivity index (χ2v) is 6.15. The standard InChI is InChI=1S/C13H12FN5O2S/c14-6-8-1-2-9(22(15,20)21)5-11(8)19-13-10-3-4-16-12(10)17-7-18-13/h1-5,7H,6H2,(H2,15,20,21)(H2,16,17,18,19). The van der Waals surface area contributed by atoms with Gasteiger partial charge >= 0.3 is 0 Å². The van der Waals surface area contributed by atoms with Crippen LogP contribution in [-0.2, 0) is 16.7 Å². The predicted octanol–water partition coefficient (Wildman–Crippen LogP) is 1.82. The van der Waals surface area contributed by atoms with Gasteiger partial charge in [-0.15, -0.1) is 0 Å². The third-order valence-corrected chi connectivity index (χ3v) is 4.07. The summed E-state index contributed by atoms with van der Waals surface area (Å²) in [5, 5.41) is 8.74. The Morgan fingerprint density at radius 1 is 1.27 bits per heavy atom. The molecule has 0 bridgehead atoms. The van der Waals surface area contributed by atoms with E-state index in [9.17, 15) is 12.8 Å². The first-order valence-electron chi connectivity index (χ1n) is 6.26. The summed E-state index contributed by atoms with van der Waals surface area (Å²) >= 11 is 0. The number of nitrogens with zero attached hydrogens (tertiary/aromatic N) is 2. The van der Waals surface area contributed by atoms with Crippen LogP contribution >= 0.6 is 0 Å². The molecule has 0 atom stereocenters. The maximum absolute atomic E-state index is 13.1. The van der Waals surface area contributed by atoms with Crippen LogP contribution in [0.2, 0.25) is 0 Å². The van der Waals surface area contributed by atoms with Gasteiger partial charge in [-0.3, -0.25) is 0 Å². The molecule has 2 aromatic heterocycles. The average Bonchev–Trinajstić information content (AvgIpc) is 2.96. The molecule has 0 fully saturated rings. The van der Waals surface area contributed by atoms with Gasteiger partial charge in [-0.1, -0.05) is 6.07 Å². The van der Waals surface area contributed by atoms with Gasteiger partial charge in [-0.25, -0.2) is 27.9 Å². The Hall–Kier alpha value is -2.52. The molecule has 0 radical (unpaired) electrons. The molecular weight excluding hydrogens is 309 g/mol. The number of nitrogens with one attached hydrogen (secondary N) is 2. The Balaban J connectivity index is 2.09. The van der Waals surface area contributed by atoms with Crippen molar-refractivity contribution in [3.05, 3.63) is 42.4 Å². The van der Waals surface area contributed by atoms with Crippen molar-refractivity contribution in [2.45, 2.75) is 11.6 Å². The van der Waals surface area contributed by atoms with E-state index >= 15 is 0 Å². The second kappa shape index (κ2) is 5.35. The maximum Gasteiger partial charge on any atom is 0.238 e. The SMILES string of the molecule is NS(=O)(=O)c1ccc(CF)c(Nc2ncnc3[nH]ccc23)c1. The Morgan fingerprint density at radius 2 is 2.09 bits per heavy atom. The lowest BCUT2D eigenvalue weighted by molar-refractivity contribution is 0.486. The lowest BCUT2D eigenvalue weighted by atomic mass is 10.2. The molecule has 0 spiro atoms. The first-order valence-corrected chi connectivity index (χ1v) is 7.80. The van der Waals surface area contributed by atoms with Gasteiger partial charge < -0.3 is 10.3 Å². The fraction of sp³-hybridized carbons (Fsp3) is 0.0769. The van der Waals surface area contributed by atoms with Crippen LogP contribution in [0.3, 0.4) is 0 Å². The van der Waals surface area contributed by atoms with Gasteiger partial charge in [0.1, 0.15) is 24.5 Å². The van der Waals surface area contributed by atoms with E-state index in [4.69, 9.17) is 5.14 Å². The molecule has 0 saturated carbocycles. The number of rotatable bonds is 4. The molecule has 3 aromatic rings. The van der Waals surface area contributed by atoms with E-state index in [1.807, 2.05) is 0 Å². The molecule has 9 heteroatoms. The molecular formula is C13H12FN5O2S. The van der Waals surface area contributed by atoms with Crippen LogP contribution in [0.4, 0.5) is 15.9 Å². The first kappa shape index (κ1) is 14.4. The largest absolute Gasteiger partial charge is 0.346 e. The summed E-state index contributed by atoms with van der Waals surface area (Å²) in [7, 11) is -3.88. The number of H-pyrrole nitrogens is 1. The Kier molecular flexibility index (Phi) is 3.51. The molecule has 0 unspecified atom stereocenters. The summed E-state index contributed by atoms with van der Waals surface area (Å²) in [5.41, 5.74) is 1.20. The van der Waals surface area contributed by atoms with E-state index in [1.54, 1.807) is 12.3 Å². The number of primary sulfonamides is 1. The predicted molar refractivity (Wildman–Crippen MR) is 79.8 cm³/mol. The topological polar surface area (TPSA) is 114 Å². The quantitative estimate of drug-likeness (QED) is 0.678. The van der Waals surface area contributed by atoms with E-state index in [0.29, 0.717) is 22.4 Å². The fourth-order valence-electron chi connectivity index (χ4n) is 2.07. The Morgan fingerprint density at radius 3 is 2.82 bits per heavy atom. The summed E-state index contributed by atoms with van der Waals surface area (Å²) in [6, 6.07) is 5.68. The van der Waals surface area contributed by atoms with Crippen LogP contribution in [0.15, 0.2) is 41.7 Å². The molecule has 4 N–H and O–H groups in total. The molecule has 7 nitrogen and oxygen atoms in total. The van der Waals surface area contributed by atoms with Crippen LogP contribution < -0.4 is 10.5 Å². The highest BCUT2D eigenvalue weighted by Crippen LogP contribution is 2.27. The van der Waals surface area contributed by atoms with Crippen LogP contribution in [0.5, 0.6) is 0 Å². The van der Waals surface area contributed by atoms with Crippen LogP contribution in [0.25, 0.3) is 11.0 Å².